The Labute approximate surface area is 85.8 Å². The van der Waals surface area contributed by atoms with Crippen LogP contribution in [0.25, 0.3) is 0 Å². The quantitative estimate of drug-likeness (QED) is 0.653. The predicted molar refractivity (Wildman–Crippen MR) is 54.9 cm³/mol. The Morgan fingerprint density at radius 2 is 1.79 bits per heavy atom. The highest BCUT2D eigenvalue weighted by atomic mass is 16.5. The van der Waals surface area contributed by atoms with Gasteiger partial charge in [0, 0.05) is 11.3 Å². The molecule has 1 unspecified atom stereocenters. The number of ketones is 1. The molecule has 0 N–H and O–H groups in total. The molecular formula is C11H20O3. The minimum atomic E-state index is -0.383. The number of carbonyl (C=O) groups is 2. The van der Waals surface area contributed by atoms with Crippen LogP contribution in [0.1, 0.15) is 41.0 Å². The average molecular weight is 200 g/mol. The van der Waals surface area contributed by atoms with Crippen LogP contribution < -0.4 is 0 Å². The van der Waals surface area contributed by atoms with E-state index in [0.29, 0.717) is 6.61 Å². The average Bonchev–Trinajstić information content (AvgIpc) is 2.01. The second-order valence-electron chi connectivity index (χ2n) is 4.52. The van der Waals surface area contributed by atoms with Gasteiger partial charge in [-0.1, -0.05) is 27.7 Å². The first-order valence-electron chi connectivity index (χ1n) is 4.99. The van der Waals surface area contributed by atoms with Crippen molar-refractivity contribution in [3.63, 3.8) is 0 Å². The third-order valence-electron chi connectivity index (χ3n) is 1.96. The summed E-state index contributed by atoms with van der Waals surface area (Å²) in [4.78, 5) is 22.8. The van der Waals surface area contributed by atoms with Gasteiger partial charge in [0.05, 0.1) is 13.0 Å². The molecule has 0 aliphatic carbocycles. The molecule has 0 saturated carbocycles. The normalized spacial score (nSPS) is 13.5. The van der Waals surface area contributed by atoms with Crippen LogP contribution in [-0.4, -0.2) is 18.4 Å². The molecule has 3 heteroatoms. The van der Waals surface area contributed by atoms with E-state index in [9.17, 15) is 9.59 Å². The first-order chi connectivity index (χ1) is 6.29. The van der Waals surface area contributed by atoms with E-state index in [1.165, 1.54) is 0 Å². The third kappa shape index (κ3) is 4.40. The molecule has 0 fully saturated rings. The van der Waals surface area contributed by atoms with Gasteiger partial charge in [-0.15, -0.1) is 0 Å². The summed E-state index contributed by atoms with van der Waals surface area (Å²) < 4.78 is 4.78. The highest BCUT2D eigenvalue weighted by molar-refractivity contribution is 5.88. The summed E-state index contributed by atoms with van der Waals surface area (Å²) in [5, 5.41) is 0. The smallest absolute Gasteiger partial charge is 0.306 e. The van der Waals surface area contributed by atoms with Crippen molar-refractivity contribution in [1.29, 1.82) is 0 Å². The van der Waals surface area contributed by atoms with E-state index in [0.717, 1.165) is 0 Å². The van der Waals surface area contributed by atoms with Gasteiger partial charge in [-0.3, -0.25) is 9.59 Å². The molecule has 0 aliphatic heterocycles. The first kappa shape index (κ1) is 13.1. The summed E-state index contributed by atoms with van der Waals surface area (Å²) in [7, 11) is 0. The summed E-state index contributed by atoms with van der Waals surface area (Å²) in [6.07, 6.45) is 0.184. The Morgan fingerprint density at radius 3 is 2.14 bits per heavy atom. The minimum absolute atomic E-state index is 0.102. The Kier molecular flexibility index (Phi) is 4.81. The first-order valence-corrected chi connectivity index (χ1v) is 4.99. The van der Waals surface area contributed by atoms with Crippen molar-refractivity contribution < 1.29 is 14.3 Å². The van der Waals surface area contributed by atoms with Gasteiger partial charge in [0.2, 0.25) is 0 Å². The van der Waals surface area contributed by atoms with Crippen LogP contribution in [0.3, 0.4) is 0 Å². The largest absolute Gasteiger partial charge is 0.466 e. The Balaban J connectivity index is 4.15. The highest BCUT2D eigenvalue weighted by Gasteiger charge is 2.28. The van der Waals surface area contributed by atoms with Crippen molar-refractivity contribution in [1.82, 2.24) is 0 Å². The standard InChI is InChI=1S/C11H20O3/c1-6-14-9(12)7-8(2)10(13)11(3,4)5/h8H,6-7H2,1-5H3. The maximum atomic E-state index is 11.7. The van der Waals surface area contributed by atoms with E-state index in [1.54, 1.807) is 13.8 Å². The van der Waals surface area contributed by atoms with E-state index >= 15 is 0 Å². The minimum Gasteiger partial charge on any atom is -0.466 e. The lowest BCUT2D eigenvalue weighted by Gasteiger charge is -2.21. The fraction of sp³-hybridized carbons (Fsp3) is 0.818. The van der Waals surface area contributed by atoms with Crippen molar-refractivity contribution in [3.8, 4) is 0 Å². The van der Waals surface area contributed by atoms with Gasteiger partial charge < -0.3 is 4.74 Å². The van der Waals surface area contributed by atoms with E-state index in [-0.39, 0.29) is 29.5 Å². The molecule has 82 valence electrons. The number of hydrogen-bond acceptors (Lipinski definition) is 3. The van der Waals surface area contributed by atoms with Crippen molar-refractivity contribution in [2.75, 3.05) is 6.61 Å². The van der Waals surface area contributed by atoms with Gasteiger partial charge in [-0.05, 0) is 6.92 Å². The lowest BCUT2D eigenvalue weighted by atomic mass is 9.82. The number of carbonyl (C=O) groups excluding carboxylic acids is 2. The van der Waals surface area contributed by atoms with Gasteiger partial charge in [-0.2, -0.15) is 0 Å². The van der Waals surface area contributed by atoms with Crippen molar-refractivity contribution in [2.24, 2.45) is 11.3 Å². The van der Waals surface area contributed by atoms with Crippen molar-refractivity contribution >= 4 is 11.8 Å². The number of rotatable bonds is 4. The van der Waals surface area contributed by atoms with Crippen LogP contribution in [0.15, 0.2) is 0 Å². The van der Waals surface area contributed by atoms with E-state index < -0.39 is 0 Å². The van der Waals surface area contributed by atoms with Crippen LogP contribution in [0.4, 0.5) is 0 Å². The number of Topliss-reactive ketones (excluding diaryl/α,β-unsaturated/α-hetero) is 1. The summed E-state index contributed by atoms with van der Waals surface area (Å²) in [5.41, 5.74) is -0.383. The fourth-order valence-electron chi connectivity index (χ4n) is 1.30. The molecule has 0 heterocycles. The lowest BCUT2D eigenvalue weighted by molar-refractivity contribution is -0.147. The summed E-state index contributed by atoms with van der Waals surface area (Å²) in [6.45, 7) is 9.47. The lowest BCUT2D eigenvalue weighted by Crippen LogP contribution is -2.28. The van der Waals surface area contributed by atoms with E-state index in [1.807, 2.05) is 20.8 Å². The summed E-state index contributed by atoms with van der Waals surface area (Å²) in [5.74, 6) is -0.447. The van der Waals surface area contributed by atoms with Crippen LogP contribution in [-0.2, 0) is 14.3 Å². The maximum absolute atomic E-state index is 11.7. The zero-order valence-corrected chi connectivity index (χ0v) is 9.72. The van der Waals surface area contributed by atoms with Gasteiger partial charge in [0.15, 0.2) is 0 Å². The van der Waals surface area contributed by atoms with Gasteiger partial charge in [0.25, 0.3) is 0 Å². The molecule has 0 rings (SSSR count). The molecule has 0 aliphatic rings. The monoisotopic (exact) mass is 200 g/mol. The van der Waals surface area contributed by atoms with Gasteiger partial charge in [-0.25, -0.2) is 0 Å². The predicted octanol–water partition coefficient (Wildman–Crippen LogP) is 2.19. The second-order valence-corrected chi connectivity index (χ2v) is 4.52. The Hall–Kier alpha value is -0.860. The van der Waals surface area contributed by atoms with Crippen molar-refractivity contribution in [2.45, 2.75) is 41.0 Å². The highest BCUT2D eigenvalue weighted by Crippen LogP contribution is 2.22. The molecule has 3 nitrogen and oxygen atoms in total. The zero-order valence-electron chi connectivity index (χ0n) is 9.72. The number of esters is 1. The van der Waals surface area contributed by atoms with E-state index in [4.69, 9.17) is 4.74 Å². The zero-order chi connectivity index (χ0) is 11.4. The molecule has 0 bridgehead atoms. The molecule has 0 aromatic carbocycles. The summed E-state index contributed by atoms with van der Waals surface area (Å²) >= 11 is 0. The van der Waals surface area contributed by atoms with Gasteiger partial charge >= 0.3 is 5.97 Å². The fourth-order valence-corrected chi connectivity index (χ4v) is 1.30. The van der Waals surface area contributed by atoms with Crippen LogP contribution in [0.2, 0.25) is 0 Å². The molecule has 0 radical (unpaired) electrons. The molecule has 1 atom stereocenters. The van der Waals surface area contributed by atoms with E-state index in [2.05, 4.69) is 0 Å². The SMILES string of the molecule is CCOC(=O)CC(C)C(=O)C(C)(C)C. The molecule has 0 spiro atoms. The van der Waals surface area contributed by atoms with Gasteiger partial charge in [0.1, 0.15) is 5.78 Å². The summed E-state index contributed by atoms with van der Waals surface area (Å²) in [6, 6.07) is 0. The topological polar surface area (TPSA) is 43.4 Å². The third-order valence-corrected chi connectivity index (χ3v) is 1.96. The molecule has 0 saturated heterocycles. The van der Waals surface area contributed by atoms with Crippen LogP contribution >= 0.6 is 0 Å². The Morgan fingerprint density at radius 1 is 1.29 bits per heavy atom. The van der Waals surface area contributed by atoms with Crippen LogP contribution in [0, 0.1) is 11.3 Å². The molecule has 14 heavy (non-hydrogen) atoms. The molecular weight excluding hydrogens is 180 g/mol. The Bertz CT molecular complexity index is 213. The maximum Gasteiger partial charge on any atom is 0.306 e. The molecule has 0 aromatic rings. The number of ether oxygens (including phenoxy) is 1. The second kappa shape index (κ2) is 5.13. The van der Waals surface area contributed by atoms with Crippen molar-refractivity contribution in [3.05, 3.63) is 0 Å². The molecule has 0 amide bonds. The number of hydrogen-bond donors (Lipinski definition) is 0. The molecule has 0 aromatic heterocycles. The van der Waals surface area contributed by atoms with Crippen LogP contribution in [0.5, 0.6) is 0 Å².